The number of hydrogen-bond acceptors (Lipinski definition) is 3. The molecule has 1 aliphatic heterocycles. The van der Waals surface area contributed by atoms with E-state index in [4.69, 9.17) is 9.16 Å². The highest BCUT2D eigenvalue weighted by Crippen LogP contribution is 2.42. The summed E-state index contributed by atoms with van der Waals surface area (Å²) in [6.07, 6.45) is 6.83. The molecule has 0 N–H and O–H groups in total. The Labute approximate surface area is 144 Å². The second kappa shape index (κ2) is 9.63. The number of cyclic esters (lactones) is 1. The number of hydrogen-bond donors (Lipinski definition) is 0. The molecule has 0 aromatic carbocycles. The van der Waals surface area contributed by atoms with Gasteiger partial charge in [-0.1, -0.05) is 47.6 Å². The molecule has 0 amide bonds. The topological polar surface area (TPSA) is 35.5 Å². The molecule has 0 unspecified atom stereocenters. The third-order valence-corrected chi connectivity index (χ3v) is 11.3. The van der Waals surface area contributed by atoms with Crippen LogP contribution in [0.4, 0.5) is 0 Å². The molecule has 0 aromatic rings. The number of ether oxygens (including phenoxy) is 1. The Hall–Kier alpha value is -0.613. The summed E-state index contributed by atoms with van der Waals surface area (Å²) in [7, 11) is -1.78. The third kappa shape index (κ3) is 5.46. The minimum absolute atomic E-state index is 0.121. The number of carbonyl (C=O) groups excluding carboxylic acids is 1. The van der Waals surface area contributed by atoms with Gasteiger partial charge in [0.2, 0.25) is 0 Å². The Morgan fingerprint density at radius 2 is 1.70 bits per heavy atom. The molecule has 0 radical (unpaired) electrons. The molecule has 1 aliphatic rings. The molecule has 134 valence electrons. The highest BCUT2D eigenvalue weighted by Gasteiger charge is 2.44. The largest absolute Gasteiger partial charge is 0.462 e. The summed E-state index contributed by atoms with van der Waals surface area (Å²) < 4.78 is 11.8. The van der Waals surface area contributed by atoms with Crippen molar-refractivity contribution in [2.24, 2.45) is 0 Å². The van der Waals surface area contributed by atoms with Crippen LogP contribution in [0, 0.1) is 0 Å². The van der Waals surface area contributed by atoms with Crippen LogP contribution in [0.3, 0.4) is 0 Å². The second-order valence-electron chi connectivity index (χ2n) is 7.63. The van der Waals surface area contributed by atoms with Crippen LogP contribution >= 0.6 is 0 Å². The molecule has 0 fully saturated rings. The van der Waals surface area contributed by atoms with Gasteiger partial charge < -0.3 is 9.16 Å². The van der Waals surface area contributed by atoms with E-state index in [1.807, 2.05) is 0 Å². The lowest BCUT2D eigenvalue weighted by atomic mass is 10.1. The SMILES string of the molecule is CC(C)[Si](OCCC/C1=C/CCCCOC1=O)(C(C)C)C(C)C. The first-order valence-corrected chi connectivity index (χ1v) is 11.5. The third-order valence-electron chi connectivity index (χ3n) is 5.13. The fourth-order valence-corrected chi connectivity index (χ4v) is 9.58. The van der Waals surface area contributed by atoms with E-state index in [-0.39, 0.29) is 5.97 Å². The molecule has 0 atom stereocenters. The van der Waals surface area contributed by atoms with E-state index in [0.29, 0.717) is 23.2 Å². The predicted molar refractivity (Wildman–Crippen MR) is 99.1 cm³/mol. The molecule has 1 rings (SSSR count). The highest BCUT2D eigenvalue weighted by molar-refractivity contribution is 6.77. The van der Waals surface area contributed by atoms with Crippen molar-refractivity contribution in [1.82, 2.24) is 0 Å². The van der Waals surface area contributed by atoms with E-state index in [0.717, 1.165) is 44.3 Å². The van der Waals surface area contributed by atoms with Crippen LogP contribution in [0.25, 0.3) is 0 Å². The van der Waals surface area contributed by atoms with Gasteiger partial charge >= 0.3 is 5.97 Å². The van der Waals surface area contributed by atoms with Crippen molar-refractivity contribution < 1.29 is 14.0 Å². The number of allylic oxidation sites excluding steroid dienone is 1. The van der Waals surface area contributed by atoms with Crippen LogP contribution in [-0.2, 0) is 14.0 Å². The second-order valence-corrected chi connectivity index (χ2v) is 13.1. The van der Waals surface area contributed by atoms with Crippen molar-refractivity contribution in [1.29, 1.82) is 0 Å². The van der Waals surface area contributed by atoms with Gasteiger partial charge in [-0.25, -0.2) is 4.79 Å². The normalized spacial score (nSPS) is 19.5. The van der Waals surface area contributed by atoms with Gasteiger partial charge in [-0.3, -0.25) is 0 Å². The van der Waals surface area contributed by atoms with Crippen molar-refractivity contribution >= 4 is 14.3 Å². The molecule has 4 heteroatoms. The smallest absolute Gasteiger partial charge is 0.333 e. The van der Waals surface area contributed by atoms with Crippen LogP contribution in [0.1, 0.15) is 73.6 Å². The van der Waals surface area contributed by atoms with E-state index in [1.54, 1.807) is 0 Å². The van der Waals surface area contributed by atoms with Gasteiger partial charge in [-0.15, -0.1) is 0 Å². The quantitative estimate of drug-likeness (QED) is 0.327. The molecule has 0 bridgehead atoms. The summed E-state index contributed by atoms with van der Waals surface area (Å²) >= 11 is 0. The molecule has 0 saturated carbocycles. The van der Waals surface area contributed by atoms with Gasteiger partial charge in [-0.2, -0.15) is 0 Å². The van der Waals surface area contributed by atoms with Crippen molar-refractivity contribution in [3.8, 4) is 0 Å². The first kappa shape index (κ1) is 20.4. The van der Waals surface area contributed by atoms with E-state index in [1.165, 1.54) is 0 Å². The summed E-state index contributed by atoms with van der Waals surface area (Å²) in [5.41, 5.74) is 2.66. The zero-order chi connectivity index (χ0) is 17.5. The Kier molecular flexibility index (Phi) is 8.55. The van der Waals surface area contributed by atoms with Crippen LogP contribution in [0.5, 0.6) is 0 Å². The Balaban J connectivity index is 2.58. The van der Waals surface area contributed by atoms with Crippen LogP contribution < -0.4 is 0 Å². The minimum atomic E-state index is -1.78. The highest BCUT2D eigenvalue weighted by atomic mass is 28.4. The molecule has 23 heavy (non-hydrogen) atoms. The lowest BCUT2D eigenvalue weighted by Crippen LogP contribution is -2.47. The Morgan fingerprint density at radius 1 is 1.09 bits per heavy atom. The number of rotatable bonds is 8. The van der Waals surface area contributed by atoms with Crippen LogP contribution in [-0.4, -0.2) is 27.5 Å². The molecule has 0 spiro atoms. The van der Waals surface area contributed by atoms with Crippen molar-refractivity contribution in [3.05, 3.63) is 11.6 Å². The first-order valence-electron chi connectivity index (χ1n) is 9.32. The number of esters is 1. The number of carbonyl (C=O) groups is 1. The molecule has 0 aliphatic carbocycles. The molecule has 0 aromatic heterocycles. The maximum Gasteiger partial charge on any atom is 0.333 e. The average Bonchev–Trinajstić information content (AvgIpc) is 2.44. The maximum atomic E-state index is 12.0. The minimum Gasteiger partial charge on any atom is -0.462 e. The van der Waals surface area contributed by atoms with Gasteiger partial charge in [0.15, 0.2) is 8.32 Å². The van der Waals surface area contributed by atoms with Crippen molar-refractivity contribution in [3.63, 3.8) is 0 Å². The molecule has 1 heterocycles. The fraction of sp³-hybridized carbons (Fsp3) is 0.842. The van der Waals surface area contributed by atoms with Gasteiger partial charge in [0, 0.05) is 12.2 Å². The molecule has 3 nitrogen and oxygen atoms in total. The summed E-state index contributed by atoms with van der Waals surface area (Å²) in [5, 5.41) is 0. The summed E-state index contributed by atoms with van der Waals surface area (Å²) in [6.45, 7) is 15.2. The van der Waals surface area contributed by atoms with Crippen molar-refractivity contribution in [2.75, 3.05) is 13.2 Å². The lowest BCUT2D eigenvalue weighted by Gasteiger charge is -2.42. The maximum absolute atomic E-state index is 12.0. The monoisotopic (exact) mass is 340 g/mol. The Morgan fingerprint density at radius 3 is 2.26 bits per heavy atom. The first-order chi connectivity index (χ1) is 10.8. The summed E-state index contributed by atoms with van der Waals surface area (Å²) in [5.74, 6) is -0.121. The van der Waals surface area contributed by atoms with Gasteiger partial charge in [-0.05, 0) is 48.7 Å². The van der Waals surface area contributed by atoms with Gasteiger partial charge in [0.25, 0.3) is 0 Å². The van der Waals surface area contributed by atoms with Crippen LogP contribution in [0.15, 0.2) is 11.6 Å². The lowest BCUT2D eigenvalue weighted by molar-refractivity contribution is -0.139. The van der Waals surface area contributed by atoms with Crippen LogP contribution in [0.2, 0.25) is 16.6 Å². The van der Waals surface area contributed by atoms with Gasteiger partial charge in [0.1, 0.15) is 0 Å². The fourth-order valence-electron chi connectivity index (χ4n) is 4.08. The van der Waals surface area contributed by atoms with E-state index >= 15 is 0 Å². The van der Waals surface area contributed by atoms with Gasteiger partial charge in [0.05, 0.1) is 6.61 Å². The molecular formula is C19H36O3Si. The zero-order valence-electron chi connectivity index (χ0n) is 16.0. The summed E-state index contributed by atoms with van der Waals surface area (Å²) in [4.78, 5) is 12.0. The molecule has 0 saturated heterocycles. The predicted octanol–water partition coefficient (Wildman–Crippen LogP) is 5.61. The molecular weight excluding hydrogens is 304 g/mol. The summed E-state index contributed by atoms with van der Waals surface area (Å²) in [6, 6.07) is 0. The van der Waals surface area contributed by atoms with Crippen molar-refractivity contribution in [2.45, 2.75) is 90.3 Å². The van der Waals surface area contributed by atoms with E-state index in [2.05, 4.69) is 47.6 Å². The zero-order valence-corrected chi connectivity index (χ0v) is 17.0. The average molecular weight is 341 g/mol. The Bertz CT molecular complexity index is 378. The standard InChI is InChI=1S/C19H36O3Si/c1-15(2)23(16(3)4,17(5)6)22-14-10-12-18-11-8-7-9-13-21-19(18)20/h11,15-17H,7-10,12-14H2,1-6H3/b18-11-. The van der Waals surface area contributed by atoms with E-state index in [9.17, 15) is 4.79 Å². The van der Waals surface area contributed by atoms with E-state index < -0.39 is 8.32 Å².